The summed E-state index contributed by atoms with van der Waals surface area (Å²) >= 11 is 5.95. The van der Waals surface area contributed by atoms with Crippen LogP contribution >= 0.6 is 11.6 Å². The van der Waals surface area contributed by atoms with E-state index in [2.05, 4.69) is 5.32 Å². The van der Waals surface area contributed by atoms with Gasteiger partial charge in [-0.3, -0.25) is 0 Å². The van der Waals surface area contributed by atoms with Gasteiger partial charge in [-0.15, -0.1) is 0 Å². The van der Waals surface area contributed by atoms with E-state index in [1.807, 2.05) is 36.4 Å². The molecule has 0 atom stereocenters. The molecule has 3 aromatic rings. The first-order valence-corrected chi connectivity index (χ1v) is 8.04. The summed E-state index contributed by atoms with van der Waals surface area (Å²) in [4.78, 5) is 12.4. The minimum Gasteiger partial charge on any atom is -0.457 e. The van der Waals surface area contributed by atoms with Gasteiger partial charge in [0.25, 0.3) is 0 Å². The van der Waals surface area contributed by atoms with E-state index >= 15 is 0 Å². The monoisotopic (exact) mass is 355 g/mol. The fraction of sp³-hybridized carbons (Fsp3) is 0.0500. The molecule has 3 nitrogen and oxygen atoms in total. The average molecular weight is 356 g/mol. The summed E-state index contributed by atoms with van der Waals surface area (Å²) in [6, 6.07) is 20.8. The molecule has 3 aromatic carbocycles. The van der Waals surface area contributed by atoms with Crippen molar-refractivity contribution in [3.8, 4) is 0 Å². The van der Waals surface area contributed by atoms with Crippen LogP contribution in [0.1, 0.15) is 15.9 Å². The first-order valence-electron chi connectivity index (χ1n) is 7.66. The van der Waals surface area contributed by atoms with Crippen LogP contribution in [0.3, 0.4) is 0 Å². The Morgan fingerprint density at radius 1 is 0.960 bits per heavy atom. The molecule has 0 unspecified atom stereocenters. The minimum absolute atomic E-state index is 0.158. The molecule has 0 saturated heterocycles. The number of carbonyl (C=O) groups is 1. The highest BCUT2D eigenvalue weighted by Crippen LogP contribution is 2.23. The van der Waals surface area contributed by atoms with Crippen molar-refractivity contribution in [2.75, 3.05) is 5.32 Å². The summed E-state index contributed by atoms with van der Waals surface area (Å²) in [6.07, 6.45) is 0. The molecule has 0 saturated carbocycles. The Hall–Kier alpha value is -2.85. The van der Waals surface area contributed by atoms with Crippen molar-refractivity contribution in [1.29, 1.82) is 0 Å². The van der Waals surface area contributed by atoms with Gasteiger partial charge in [-0.05, 0) is 36.4 Å². The van der Waals surface area contributed by atoms with Gasteiger partial charge in [0.2, 0.25) is 0 Å². The maximum atomic E-state index is 13.8. The Morgan fingerprint density at radius 3 is 2.44 bits per heavy atom. The SMILES string of the molecule is O=C(OCc1c(F)cccc1Cl)c1ccccc1Nc1ccccc1. The molecule has 5 heteroatoms. The van der Waals surface area contributed by atoms with E-state index in [9.17, 15) is 9.18 Å². The second-order valence-corrected chi connectivity index (χ2v) is 5.72. The van der Waals surface area contributed by atoms with Crippen molar-refractivity contribution in [2.24, 2.45) is 0 Å². The van der Waals surface area contributed by atoms with Gasteiger partial charge in [-0.1, -0.05) is 48.0 Å². The normalized spacial score (nSPS) is 10.3. The van der Waals surface area contributed by atoms with Gasteiger partial charge in [-0.2, -0.15) is 0 Å². The topological polar surface area (TPSA) is 38.3 Å². The smallest absolute Gasteiger partial charge is 0.340 e. The fourth-order valence-electron chi connectivity index (χ4n) is 2.33. The molecule has 0 radical (unpaired) electrons. The van der Waals surface area contributed by atoms with Crippen molar-refractivity contribution in [3.05, 3.63) is 94.8 Å². The van der Waals surface area contributed by atoms with E-state index < -0.39 is 11.8 Å². The first kappa shape index (κ1) is 17.0. The standard InChI is InChI=1S/C20H15ClFNO2/c21-17-10-6-11-18(22)16(17)13-25-20(24)15-9-4-5-12-19(15)23-14-7-2-1-3-8-14/h1-12,23H,13H2. The van der Waals surface area contributed by atoms with Gasteiger partial charge in [0.1, 0.15) is 12.4 Å². The molecule has 0 aliphatic rings. The molecule has 0 aromatic heterocycles. The van der Waals surface area contributed by atoms with Crippen LogP contribution in [0.25, 0.3) is 0 Å². The number of halogens is 2. The number of benzene rings is 3. The minimum atomic E-state index is -0.557. The van der Waals surface area contributed by atoms with E-state index in [1.54, 1.807) is 24.3 Å². The van der Waals surface area contributed by atoms with Crippen molar-refractivity contribution in [3.63, 3.8) is 0 Å². The lowest BCUT2D eigenvalue weighted by molar-refractivity contribution is 0.0470. The molecule has 0 spiro atoms. The molecular formula is C20H15ClFNO2. The van der Waals surface area contributed by atoms with Crippen LogP contribution in [-0.4, -0.2) is 5.97 Å². The van der Waals surface area contributed by atoms with Crippen molar-refractivity contribution in [2.45, 2.75) is 6.61 Å². The number of nitrogens with one attached hydrogen (secondary N) is 1. The molecule has 126 valence electrons. The molecule has 25 heavy (non-hydrogen) atoms. The van der Waals surface area contributed by atoms with Crippen molar-refractivity contribution < 1.29 is 13.9 Å². The number of rotatable bonds is 5. The molecule has 3 rings (SSSR count). The molecule has 0 aliphatic carbocycles. The third-order valence-electron chi connectivity index (χ3n) is 3.61. The van der Waals surface area contributed by atoms with Crippen LogP contribution in [0.15, 0.2) is 72.8 Å². The quantitative estimate of drug-likeness (QED) is 0.607. The largest absolute Gasteiger partial charge is 0.457 e. The van der Waals surface area contributed by atoms with E-state index in [1.165, 1.54) is 12.1 Å². The molecule has 0 bridgehead atoms. The van der Waals surface area contributed by atoms with Gasteiger partial charge in [0.05, 0.1) is 16.3 Å². The van der Waals surface area contributed by atoms with Crippen LogP contribution in [0.5, 0.6) is 0 Å². The number of esters is 1. The third-order valence-corrected chi connectivity index (χ3v) is 3.96. The molecule has 0 fully saturated rings. The molecule has 1 N–H and O–H groups in total. The van der Waals surface area contributed by atoms with Crippen LogP contribution in [0, 0.1) is 5.82 Å². The van der Waals surface area contributed by atoms with Gasteiger partial charge >= 0.3 is 5.97 Å². The maximum absolute atomic E-state index is 13.8. The van der Waals surface area contributed by atoms with Crippen LogP contribution in [0.4, 0.5) is 15.8 Å². The highest BCUT2D eigenvalue weighted by molar-refractivity contribution is 6.31. The lowest BCUT2D eigenvalue weighted by Gasteiger charge is -2.12. The van der Waals surface area contributed by atoms with E-state index in [4.69, 9.17) is 16.3 Å². The van der Waals surface area contributed by atoms with Gasteiger partial charge in [0, 0.05) is 11.3 Å². The number of hydrogen-bond acceptors (Lipinski definition) is 3. The zero-order valence-corrected chi connectivity index (χ0v) is 14.0. The zero-order chi connectivity index (χ0) is 17.6. The van der Waals surface area contributed by atoms with Crippen molar-refractivity contribution in [1.82, 2.24) is 0 Å². The summed E-state index contributed by atoms with van der Waals surface area (Å²) in [5, 5.41) is 3.40. The summed E-state index contributed by atoms with van der Waals surface area (Å²) < 4.78 is 19.0. The Labute approximate surface area is 150 Å². The summed E-state index contributed by atoms with van der Waals surface area (Å²) in [6.45, 7) is -0.232. The number of carbonyl (C=O) groups excluding carboxylic acids is 1. The Kier molecular flexibility index (Phi) is 5.31. The fourth-order valence-corrected chi connectivity index (χ4v) is 2.55. The molecule has 0 amide bonds. The Bertz CT molecular complexity index is 864. The van der Waals surface area contributed by atoms with Crippen LogP contribution < -0.4 is 5.32 Å². The Balaban J connectivity index is 1.76. The number of para-hydroxylation sites is 2. The number of hydrogen-bond donors (Lipinski definition) is 1. The van der Waals surface area contributed by atoms with E-state index in [0.717, 1.165) is 5.69 Å². The lowest BCUT2D eigenvalue weighted by atomic mass is 10.1. The average Bonchev–Trinajstić information content (AvgIpc) is 2.62. The predicted molar refractivity (Wildman–Crippen MR) is 96.7 cm³/mol. The predicted octanol–water partition coefficient (Wildman–Crippen LogP) is 5.58. The second-order valence-electron chi connectivity index (χ2n) is 5.31. The summed E-state index contributed by atoms with van der Waals surface area (Å²) in [7, 11) is 0. The van der Waals surface area contributed by atoms with Crippen molar-refractivity contribution >= 4 is 28.9 Å². The van der Waals surface area contributed by atoms with Gasteiger partial charge in [-0.25, -0.2) is 9.18 Å². The molecular weight excluding hydrogens is 341 g/mol. The van der Waals surface area contributed by atoms with Gasteiger partial charge in [0.15, 0.2) is 0 Å². The highest BCUT2D eigenvalue weighted by atomic mass is 35.5. The molecule has 0 heterocycles. The molecule has 0 aliphatic heterocycles. The highest BCUT2D eigenvalue weighted by Gasteiger charge is 2.15. The van der Waals surface area contributed by atoms with Gasteiger partial charge < -0.3 is 10.1 Å². The number of anilines is 2. The number of ether oxygens (including phenoxy) is 1. The lowest BCUT2D eigenvalue weighted by Crippen LogP contribution is -2.09. The van der Waals surface area contributed by atoms with Crippen LogP contribution in [-0.2, 0) is 11.3 Å². The second kappa shape index (κ2) is 7.81. The van der Waals surface area contributed by atoms with E-state index in [0.29, 0.717) is 11.3 Å². The summed E-state index contributed by atoms with van der Waals surface area (Å²) in [5.74, 6) is -1.06. The first-order chi connectivity index (χ1) is 12.1. The maximum Gasteiger partial charge on any atom is 0.340 e. The Morgan fingerprint density at radius 2 is 1.68 bits per heavy atom. The van der Waals surface area contributed by atoms with Crippen LogP contribution in [0.2, 0.25) is 5.02 Å². The summed E-state index contributed by atoms with van der Waals surface area (Å²) in [5.41, 5.74) is 1.98. The zero-order valence-electron chi connectivity index (χ0n) is 13.2. The third kappa shape index (κ3) is 4.17. The van der Waals surface area contributed by atoms with E-state index in [-0.39, 0.29) is 17.2 Å².